The highest BCUT2D eigenvalue weighted by atomic mass is 16.4. The number of aliphatic carboxylic acids is 2. The van der Waals surface area contributed by atoms with Gasteiger partial charge in [-0.3, -0.25) is 9.59 Å². The minimum atomic E-state index is -0.913. The van der Waals surface area contributed by atoms with Crippen LogP contribution in [0, 0.1) is 5.92 Å². The maximum absolute atomic E-state index is 10.2. The van der Waals surface area contributed by atoms with Crippen molar-refractivity contribution in [2.45, 2.75) is 97.4 Å². The molecule has 5 nitrogen and oxygen atoms in total. The highest BCUT2D eigenvalue weighted by molar-refractivity contribution is 5.73. The second-order valence-electron chi connectivity index (χ2n) is 6.22. The summed E-state index contributed by atoms with van der Waals surface area (Å²) in [6.07, 6.45) is 12.3. The molecule has 0 saturated carbocycles. The fraction of sp³-hybridized carbons (Fsp3) is 0.889. The van der Waals surface area contributed by atoms with Gasteiger partial charge >= 0.3 is 11.9 Å². The van der Waals surface area contributed by atoms with E-state index in [1.165, 1.54) is 44.9 Å². The Bertz CT molecular complexity index is 295. The molecular formula is C18H37NO4. The van der Waals surface area contributed by atoms with E-state index in [1.54, 1.807) is 0 Å². The standard InChI is InChI=1S/C12H24O2.C6H13NO2/c1-2-3-4-5-6-7-8-9-10-11-12(13)14;1-3-4(2)5(7)6(8)9/h2-11H2,1H3,(H,13,14);4-5H,3,7H2,1-2H3,(H,8,9). The Balaban J connectivity index is 0. The van der Waals surface area contributed by atoms with Gasteiger partial charge in [0.05, 0.1) is 0 Å². The molecular weight excluding hydrogens is 294 g/mol. The molecule has 0 fully saturated rings. The van der Waals surface area contributed by atoms with E-state index >= 15 is 0 Å². The third kappa shape index (κ3) is 18.9. The van der Waals surface area contributed by atoms with Crippen molar-refractivity contribution in [3.8, 4) is 0 Å². The minimum absolute atomic E-state index is 0.0718. The number of unbranched alkanes of at least 4 members (excludes halogenated alkanes) is 8. The molecule has 4 N–H and O–H groups in total. The van der Waals surface area contributed by atoms with E-state index in [4.69, 9.17) is 15.9 Å². The summed E-state index contributed by atoms with van der Waals surface area (Å²) in [6, 6.07) is -0.699. The van der Waals surface area contributed by atoms with Crippen molar-refractivity contribution in [1.82, 2.24) is 0 Å². The molecule has 2 atom stereocenters. The van der Waals surface area contributed by atoms with Crippen LogP contribution in [0.3, 0.4) is 0 Å². The molecule has 0 aromatic carbocycles. The zero-order valence-corrected chi connectivity index (χ0v) is 15.2. The maximum atomic E-state index is 10.2. The zero-order valence-electron chi connectivity index (χ0n) is 15.2. The Labute approximate surface area is 141 Å². The summed E-state index contributed by atoms with van der Waals surface area (Å²) < 4.78 is 0. The Kier molecular flexibility index (Phi) is 18.1. The van der Waals surface area contributed by atoms with Gasteiger partial charge in [-0.2, -0.15) is 0 Å². The molecule has 0 bridgehead atoms. The number of carbonyl (C=O) groups is 2. The maximum Gasteiger partial charge on any atom is 0.320 e. The summed E-state index contributed by atoms with van der Waals surface area (Å²) in [6.45, 7) is 5.98. The van der Waals surface area contributed by atoms with Crippen LogP contribution in [0.5, 0.6) is 0 Å². The highest BCUT2D eigenvalue weighted by Crippen LogP contribution is 2.10. The van der Waals surface area contributed by atoms with E-state index in [-0.39, 0.29) is 5.92 Å². The molecule has 0 heterocycles. The van der Waals surface area contributed by atoms with Crippen molar-refractivity contribution in [3.05, 3.63) is 0 Å². The molecule has 0 aliphatic heterocycles. The summed E-state index contributed by atoms with van der Waals surface area (Å²) in [5.41, 5.74) is 5.27. The summed E-state index contributed by atoms with van der Waals surface area (Å²) in [7, 11) is 0. The van der Waals surface area contributed by atoms with Gasteiger partial charge in [0.25, 0.3) is 0 Å². The Morgan fingerprint density at radius 3 is 1.61 bits per heavy atom. The second-order valence-corrected chi connectivity index (χ2v) is 6.22. The Hall–Kier alpha value is -1.10. The largest absolute Gasteiger partial charge is 0.481 e. The van der Waals surface area contributed by atoms with Gasteiger partial charge in [-0.15, -0.1) is 0 Å². The number of carboxylic acid groups (broad SMARTS) is 2. The van der Waals surface area contributed by atoms with Crippen LogP contribution in [0.4, 0.5) is 0 Å². The van der Waals surface area contributed by atoms with Gasteiger partial charge in [0.15, 0.2) is 0 Å². The van der Waals surface area contributed by atoms with Crippen molar-refractivity contribution in [2.24, 2.45) is 11.7 Å². The van der Waals surface area contributed by atoms with Crippen LogP contribution in [-0.4, -0.2) is 28.2 Å². The van der Waals surface area contributed by atoms with Crippen LogP contribution in [0.15, 0.2) is 0 Å². The van der Waals surface area contributed by atoms with Crippen LogP contribution >= 0.6 is 0 Å². The molecule has 2 unspecified atom stereocenters. The number of hydrogen-bond donors (Lipinski definition) is 3. The van der Waals surface area contributed by atoms with E-state index in [2.05, 4.69) is 6.92 Å². The van der Waals surface area contributed by atoms with Crippen LogP contribution in [-0.2, 0) is 9.59 Å². The highest BCUT2D eigenvalue weighted by Gasteiger charge is 2.17. The van der Waals surface area contributed by atoms with Crippen LogP contribution in [0.2, 0.25) is 0 Å². The van der Waals surface area contributed by atoms with Gasteiger partial charge < -0.3 is 15.9 Å². The van der Waals surface area contributed by atoms with Gasteiger partial charge in [0, 0.05) is 6.42 Å². The number of carboxylic acids is 2. The minimum Gasteiger partial charge on any atom is -0.481 e. The number of hydrogen-bond acceptors (Lipinski definition) is 3. The molecule has 0 aromatic rings. The Morgan fingerprint density at radius 2 is 1.30 bits per heavy atom. The monoisotopic (exact) mass is 331 g/mol. The molecule has 0 radical (unpaired) electrons. The molecule has 0 saturated heterocycles. The van der Waals surface area contributed by atoms with Crippen LogP contribution in [0.1, 0.15) is 91.4 Å². The molecule has 0 rings (SSSR count). The van der Waals surface area contributed by atoms with E-state index < -0.39 is 18.0 Å². The predicted octanol–water partition coefficient (Wildman–Crippen LogP) is 4.44. The van der Waals surface area contributed by atoms with Gasteiger partial charge in [-0.1, -0.05) is 78.6 Å². The average molecular weight is 331 g/mol. The van der Waals surface area contributed by atoms with Crippen molar-refractivity contribution < 1.29 is 19.8 Å². The van der Waals surface area contributed by atoms with Gasteiger partial charge in [0.2, 0.25) is 0 Å². The SMILES string of the molecule is CCC(C)C(N)C(=O)O.CCCCCCCCCCCC(=O)O. The lowest BCUT2D eigenvalue weighted by atomic mass is 10.0. The van der Waals surface area contributed by atoms with E-state index in [0.29, 0.717) is 6.42 Å². The smallest absolute Gasteiger partial charge is 0.320 e. The fourth-order valence-electron chi connectivity index (χ4n) is 2.08. The summed E-state index contributed by atoms with van der Waals surface area (Å²) in [5.74, 6) is -1.50. The summed E-state index contributed by atoms with van der Waals surface area (Å²) >= 11 is 0. The quantitative estimate of drug-likeness (QED) is 0.433. The van der Waals surface area contributed by atoms with Crippen LogP contribution < -0.4 is 5.73 Å². The van der Waals surface area contributed by atoms with E-state index in [9.17, 15) is 9.59 Å². The van der Waals surface area contributed by atoms with Gasteiger partial charge in [-0.05, 0) is 12.3 Å². The van der Waals surface area contributed by atoms with Crippen molar-refractivity contribution >= 4 is 11.9 Å². The lowest BCUT2D eigenvalue weighted by molar-refractivity contribution is -0.140. The summed E-state index contributed by atoms with van der Waals surface area (Å²) in [5, 5.41) is 16.8. The zero-order chi connectivity index (χ0) is 18.1. The summed E-state index contributed by atoms with van der Waals surface area (Å²) in [4.78, 5) is 20.4. The number of nitrogens with two attached hydrogens (primary N) is 1. The van der Waals surface area contributed by atoms with Crippen molar-refractivity contribution in [3.63, 3.8) is 0 Å². The molecule has 23 heavy (non-hydrogen) atoms. The van der Waals surface area contributed by atoms with E-state index in [1.807, 2.05) is 13.8 Å². The molecule has 0 amide bonds. The third-order valence-electron chi connectivity index (χ3n) is 4.04. The first kappa shape index (κ1) is 24.2. The average Bonchev–Trinajstić information content (AvgIpc) is 2.52. The first-order chi connectivity index (χ1) is 10.9. The lowest BCUT2D eigenvalue weighted by Crippen LogP contribution is -2.36. The molecule has 5 heteroatoms. The first-order valence-electron chi connectivity index (χ1n) is 9.06. The lowest BCUT2D eigenvalue weighted by Gasteiger charge is -2.11. The molecule has 0 aliphatic rings. The molecule has 0 aromatic heterocycles. The number of rotatable bonds is 13. The van der Waals surface area contributed by atoms with Crippen molar-refractivity contribution in [1.29, 1.82) is 0 Å². The fourth-order valence-corrected chi connectivity index (χ4v) is 2.08. The predicted molar refractivity (Wildman–Crippen MR) is 94.5 cm³/mol. The first-order valence-corrected chi connectivity index (χ1v) is 9.06. The second kappa shape index (κ2) is 17.3. The normalized spacial score (nSPS) is 12.9. The van der Waals surface area contributed by atoms with Crippen LogP contribution in [0.25, 0.3) is 0 Å². The van der Waals surface area contributed by atoms with Gasteiger partial charge in [0.1, 0.15) is 6.04 Å². The topological polar surface area (TPSA) is 101 Å². The third-order valence-corrected chi connectivity index (χ3v) is 4.04. The van der Waals surface area contributed by atoms with Gasteiger partial charge in [-0.25, -0.2) is 0 Å². The van der Waals surface area contributed by atoms with E-state index in [0.717, 1.165) is 19.3 Å². The molecule has 0 spiro atoms. The molecule has 0 aliphatic carbocycles. The van der Waals surface area contributed by atoms with Crippen molar-refractivity contribution in [2.75, 3.05) is 0 Å². The molecule has 138 valence electrons. The Morgan fingerprint density at radius 1 is 0.870 bits per heavy atom.